The summed E-state index contributed by atoms with van der Waals surface area (Å²) in [6.07, 6.45) is 0. The molecule has 0 saturated carbocycles. The van der Waals surface area contributed by atoms with Gasteiger partial charge in [-0.15, -0.1) is 0 Å². The van der Waals surface area contributed by atoms with Gasteiger partial charge in [-0.3, -0.25) is 0 Å². The largest absolute Gasteiger partial charge is 0.348 e. The number of aryl methyl sites for hydroxylation is 1. The van der Waals surface area contributed by atoms with Gasteiger partial charge in [0, 0.05) is 0 Å². The molecule has 2 aromatic rings. The van der Waals surface area contributed by atoms with Crippen molar-refractivity contribution < 1.29 is 4.52 Å². The van der Waals surface area contributed by atoms with Crippen LogP contribution in [0.1, 0.15) is 5.56 Å². The fourth-order valence-corrected chi connectivity index (χ4v) is 1.42. The molecule has 0 atom stereocenters. The minimum absolute atomic E-state index is 0.705. The molecular weight excluding hydrogens is 206 g/mol. The van der Waals surface area contributed by atoms with Gasteiger partial charge in [0.05, 0.1) is 5.39 Å². The Balaban J connectivity index is 2.87. The average Bonchev–Trinajstić information content (AvgIpc) is 2.33. The Hall–Kier alpha value is -0.830. The van der Waals surface area contributed by atoms with Gasteiger partial charge in [0.15, 0.2) is 0 Å². The lowest BCUT2D eigenvalue weighted by atomic mass is 10.2. The quantitative estimate of drug-likeness (QED) is 0.670. The standard InChI is InChI=1S/C8H6BrNO/c1-5-2-3-7-6(4-5)8(9)11-10-7/h2-4H,1H3. The number of halogens is 1. The first kappa shape index (κ1) is 6.85. The molecule has 0 aliphatic heterocycles. The highest BCUT2D eigenvalue weighted by Crippen LogP contribution is 2.23. The minimum Gasteiger partial charge on any atom is -0.348 e. The van der Waals surface area contributed by atoms with E-state index in [1.54, 1.807) is 0 Å². The maximum absolute atomic E-state index is 4.94. The van der Waals surface area contributed by atoms with Gasteiger partial charge >= 0.3 is 0 Å². The summed E-state index contributed by atoms with van der Waals surface area (Å²) < 4.78 is 5.64. The summed E-state index contributed by atoms with van der Waals surface area (Å²) in [5.74, 6) is 0. The van der Waals surface area contributed by atoms with Crippen LogP contribution in [0.3, 0.4) is 0 Å². The number of nitrogens with zero attached hydrogens (tertiary/aromatic N) is 1. The van der Waals surface area contributed by atoms with Crippen LogP contribution in [0.4, 0.5) is 0 Å². The summed E-state index contributed by atoms with van der Waals surface area (Å²) in [7, 11) is 0. The molecule has 0 aliphatic carbocycles. The van der Waals surface area contributed by atoms with Gasteiger partial charge in [0.2, 0.25) is 4.67 Å². The van der Waals surface area contributed by atoms with E-state index in [-0.39, 0.29) is 0 Å². The molecule has 2 nitrogen and oxygen atoms in total. The van der Waals surface area contributed by atoms with Crippen molar-refractivity contribution >= 4 is 26.8 Å². The zero-order valence-electron chi connectivity index (χ0n) is 5.97. The summed E-state index contributed by atoms with van der Waals surface area (Å²) in [5, 5.41) is 4.87. The van der Waals surface area contributed by atoms with Gasteiger partial charge in [-0.25, -0.2) is 0 Å². The van der Waals surface area contributed by atoms with E-state index in [9.17, 15) is 0 Å². The first-order valence-electron chi connectivity index (χ1n) is 3.29. The van der Waals surface area contributed by atoms with Crippen molar-refractivity contribution in [3.05, 3.63) is 28.4 Å². The Morgan fingerprint density at radius 1 is 1.45 bits per heavy atom. The van der Waals surface area contributed by atoms with Gasteiger partial charge < -0.3 is 4.52 Å². The molecule has 0 fully saturated rings. The predicted octanol–water partition coefficient (Wildman–Crippen LogP) is 2.90. The van der Waals surface area contributed by atoms with E-state index in [4.69, 9.17) is 4.52 Å². The third-order valence-electron chi connectivity index (χ3n) is 1.59. The van der Waals surface area contributed by atoms with E-state index < -0.39 is 0 Å². The van der Waals surface area contributed by atoms with E-state index in [1.807, 2.05) is 25.1 Å². The smallest absolute Gasteiger partial charge is 0.209 e. The molecule has 0 aliphatic rings. The maximum atomic E-state index is 4.94. The van der Waals surface area contributed by atoms with Gasteiger partial charge in [-0.2, -0.15) is 0 Å². The Morgan fingerprint density at radius 2 is 2.27 bits per heavy atom. The summed E-state index contributed by atoms with van der Waals surface area (Å²) >= 11 is 3.27. The molecular formula is C8H6BrNO. The van der Waals surface area contributed by atoms with Gasteiger partial charge in [0.25, 0.3) is 0 Å². The van der Waals surface area contributed by atoms with Crippen LogP contribution >= 0.6 is 15.9 Å². The Labute approximate surface area is 72.3 Å². The van der Waals surface area contributed by atoms with Crippen LogP contribution in [0.2, 0.25) is 0 Å². The van der Waals surface area contributed by atoms with Crippen molar-refractivity contribution in [1.82, 2.24) is 5.16 Å². The molecule has 1 heterocycles. The number of aromatic nitrogens is 1. The zero-order chi connectivity index (χ0) is 7.84. The van der Waals surface area contributed by atoms with E-state index in [1.165, 1.54) is 5.56 Å². The van der Waals surface area contributed by atoms with E-state index >= 15 is 0 Å². The monoisotopic (exact) mass is 211 g/mol. The van der Waals surface area contributed by atoms with Crippen molar-refractivity contribution in [2.24, 2.45) is 0 Å². The Kier molecular flexibility index (Phi) is 1.46. The average molecular weight is 212 g/mol. The van der Waals surface area contributed by atoms with Crippen LogP contribution in [-0.2, 0) is 0 Å². The second-order valence-corrected chi connectivity index (χ2v) is 3.20. The molecule has 0 amide bonds. The topological polar surface area (TPSA) is 26.0 Å². The highest BCUT2D eigenvalue weighted by Gasteiger charge is 2.03. The molecule has 0 saturated heterocycles. The SMILES string of the molecule is Cc1ccc2noc(Br)c2c1. The summed E-state index contributed by atoms with van der Waals surface area (Å²) in [6.45, 7) is 2.04. The molecule has 0 spiro atoms. The highest BCUT2D eigenvalue weighted by atomic mass is 79.9. The van der Waals surface area contributed by atoms with Crippen molar-refractivity contribution in [3.63, 3.8) is 0 Å². The zero-order valence-corrected chi connectivity index (χ0v) is 7.55. The minimum atomic E-state index is 0.705. The Bertz CT molecular complexity index is 394. The summed E-state index contributed by atoms with van der Waals surface area (Å²) in [5.41, 5.74) is 2.10. The third-order valence-corrected chi connectivity index (χ3v) is 2.16. The lowest BCUT2D eigenvalue weighted by Crippen LogP contribution is -1.70. The molecule has 56 valence electrons. The summed E-state index contributed by atoms with van der Waals surface area (Å²) in [4.78, 5) is 0. The van der Waals surface area contributed by atoms with Crippen LogP contribution in [0.15, 0.2) is 27.4 Å². The number of hydrogen-bond donors (Lipinski definition) is 0. The molecule has 11 heavy (non-hydrogen) atoms. The van der Waals surface area contributed by atoms with Crippen LogP contribution in [-0.4, -0.2) is 5.16 Å². The second kappa shape index (κ2) is 2.34. The molecule has 1 aromatic carbocycles. The molecule has 3 heteroatoms. The Morgan fingerprint density at radius 3 is 3.09 bits per heavy atom. The number of hydrogen-bond acceptors (Lipinski definition) is 2. The van der Waals surface area contributed by atoms with Crippen LogP contribution in [0.25, 0.3) is 10.9 Å². The van der Waals surface area contributed by atoms with Crippen LogP contribution in [0.5, 0.6) is 0 Å². The highest BCUT2D eigenvalue weighted by molar-refractivity contribution is 9.10. The van der Waals surface area contributed by atoms with Crippen LogP contribution < -0.4 is 0 Å². The molecule has 0 radical (unpaired) electrons. The fraction of sp³-hybridized carbons (Fsp3) is 0.125. The lowest BCUT2D eigenvalue weighted by molar-refractivity contribution is 0.408. The number of fused-ring (bicyclic) bond motifs is 1. The molecule has 0 bridgehead atoms. The summed E-state index contributed by atoms with van der Waals surface area (Å²) in [6, 6.07) is 5.99. The van der Waals surface area contributed by atoms with E-state index in [0.29, 0.717) is 4.67 Å². The lowest BCUT2D eigenvalue weighted by Gasteiger charge is -1.88. The van der Waals surface area contributed by atoms with Gasteiger partial charge in [-0.05, 0) is 35.0 Å². The van der Waals surface area contributed by atoms with Crippen molar-refractivity contribution in [1.29, 1.82) is 0 Å². The van der Waals surface area contributed by atoms with Gasteiger partial charge in [-0.1, -0.05) is 16.8 Å². The van der Waals surface area contributed by atoms with E-state index in [0.717, 1.165) is 10.9 Å². The molecule has 1 aromatic heterocycles. The normalized spacial score (nSPS) is 10.7. The first-order valence-corrected chi connectivity index (χ1v) is 4.08. The van der Waals surface area contributed by atoms with Crippen molar-refractivity contribution in [2.45, 2.75) is 6.92 Å². The number of benzene rings is 1. The first-order chi connectivity index (χ1) is 5.27. The maximum Gasteiger partial charge on any atom is 0.209 e. The number of rotatable bonds is 0. The van der Waals surface area contributed by atoms with Gasteiger partial charge in [0.1, 0.15) is 5.52 Å². The van der Waals surface area contributed by atoms with E-state index in [2.05, 4.69) is 21.1 Å². The molecule has 0 N–H and O–H groups in total. The fourth-order valence-electron chi connectivity index (χ4n) is 1.03. The molecule has 2 rings (SSSR count). The van der Waals surface area contributed by atoms with Crippen LogP contribution in [0, 0.1) is 6.92 Å². The third kappa shape index (κ3) is 1.05. The predicted molar refractivity (Wildman–Crippen MR) is 46.4 cm³/mol. The molecule has 0 unspecified atom stereocenters. The second-order valence-electron chi connectivity index (χ2n) is 2.48. The van der Waals surface area contributed by atoms with Crippen molar-refractivity contribution in [3.8, 4) is 0 Å². The van der Waals surface area contributed by atoms with Crippen molar-refractivity contribution in [2.75, 3.05) is 0 Å².